The molecular weight excluding hydrogens is 659 g/mol. The molecule has 0 spiro atoms. The number of aliphatic hydroxyl groups excluding tert-OH is 2. The molecule has 3 N–H and O–H groups in total. The van der Waals surface area contributed by atoms with E-state index < -0.39 is 51.8 Å². The van der Waals surface area contributed by atoms with Gasteiger partial charge in [-0.25, -0.2) is 4.57 Å². The molecule has 0 aromatic heterocycles. The van der Waals surface area contributed by atoms with E-state index in [1.54, 1.807) is 0 Å². The highest BCUT2D eigenvalue weighted by Crippen LogP contribution is 2.43. The summed E-state index contributed by atoms with van der Waals surface area (Å²) in [4.78, 5) is 34.8. The van der Waals surface area contributed by atoms with Crippen LogP contribution in [0.4, 0.5) is 0 Å². The largest absolute Gasteiger partial charge is 0.472 e. The molecule has 1 unspecified atom stereocenters. The van der Waals surface area contributed by atoms with E-state index in [0.717, 1.165) is 57.8 Å². The lowest BCUT2D eigenvalue weighted by Gasteiger charge is -2.20. The predicted molar refractivity (Wildman–Crippen MR) is 201 cm³/mol. The van der Waals surface area contributed by atoms with E-state index in [2.05, 4.69) is 30.5 Å². The number of unbranched alkanes of at least 4 members (excludes halogenated alkanes) is 22. The van der Waals surface area contributed by atoms with E-state index in [9.17, 15) is 24.2 Å². The number of allylic oxidation sites excluding steroid dienone is 2. The summed E-state index contributed by atoms with van der Waals surface area (Å²) in [5.74, 6) is -0.928. The Morgan fingerprint density at radius 2 is 0.980 bits per heavy atom. The highest BCUT2D eigenvalue weighted by molar-refractivity contribution is 7.47. The number of hydrogen-bond donors (Lipinski definition) is 3. The number of rotatable bonds is 38. The monoisotopic (exact) mass is 735 g/mol. The van der Waals surface area contributed by atoms with Gasteiger partial charge in [0.2, 0.25) is 0 Å². The number of phosphoric acid groups is 1. The van der Waals surface area contributed by atoms with Gasteiger partial charge in [0.1, 0.15) is 12.7 Å². The van der Waals surface area contributed by atoms with Gasteiger partial charge in [0.15, 0.2) is 6.10 Å². The maximum Gasteiger partial charge on any atom is 0.472 e. The van der Waals surface area contributed by atoms with E-state index in [1.807, 2.05) is 0 Å². The predicted octanol–water partition coefficient (Wildman–Crippen LogP) is 10.1. The smallest absolute Gasteiger partial charge is 0.462 e. The summed E-state index contributed by atoms with van der Waals surface area (Å²) in [6.45, 7) is 2.36. The molecule has 0 aliphatic rings. The molecule has 0 amide bonds. The van der Waals surface area contributed by atoms with Gasteiger partial charge in [-0.3, -0.25) is 18.6 Å². The van der Waals surface area contributed by atoms with Gasteiger partial charge in [-0.15, -0.1) is 0 Å². The summed E-state index contributed by atoms with van der Waals surface area (Å²) in [5.41, 5.74) is 0. The molecule has 0 aliphatic heterocycles. The molecule has 0 rings (SSSR count). The van der Waals surface area contributed by atoms with Crippen LogP contribution >= 0.6 is 7.82 Å². The van der Waals surface area contributed by atoms with E-state index in [4.69, 9.17) is 19.1 Å². The van der Waals surface area contributed by atoms with Gasteiger partial charge in [-0.2, -0.15) is 0 Å². The van der Waals surface area contributed by atoms with Gasteiger partial charge in [0.05, 0.1) is 19.8 Å². The molecule has 0 heterocycles. The van der Waals surface area contributed by atoms with Crippen LogP contribution in [0.25, 0.3) is 0 Å². The third-order valence-corrected chi connectivity index (χ3v) is 9.62. The highest BCUT2D eigenvalue weighted by atomic mass is 31.2. The zero-order chi connectivity index (χ0) is 37.0. The van der Waals surface area contributed by atoms with Crippen LogP contribution in [-0.4, -0.2) is 65.7 Å². The minimum absolute atomic E-state index is 0.178. The van der Waals surface area contributed by atoms with Crippen molar-refractivity contribution in [2.75, 3.05) is 26.4 Å². The standard InChI is InChI=1S/C39H75O10P/c1-3-5-7-9-11-13-15-17-19-21-23-25-27-29-31-39(43)49-37(35-48-50(44,45)47-33-36(41)32-40)34-46-38(42)30-28-26-24-22-20-18-16-14-12-10-8-6-4-2/h15,17,36-37,40-41H,3-14,16,18-35H2,1-2H3,(H,44,45)/b17-15+/t36-,37+/m0/s1. The van der Waals surface area contributed by atoms with Gasteiger partial charge in [-0.1, -0.05) is 148 Å². The van der Waals surface area contributed by atoms with Crippen LogP contribution in [0.5, 0.6) is 0 Å². The number of ether oxygens (including phenoxy) is 2. The van der Waals surface area contributed by atoms with Gasteiger partial charge < -0.3 is 24.6 Å². The average Bonchev–Trinajstić information content (AvgIpc) is 3.10. The molecular formula is C39H75O10P. The van der Waals surface area contributed by atoms with Gasteiger partial charge in [-0.05, 0) is 38.5 Å². The van der Waals surface area contributed by atoms with E-state index >= 15 is 0 Å². The Morgan fingerprint density at radius 3 is 1.44 bits per heavy atom. The first-order valence-corrected chi connectivity index (χ1v) is 21.6. The summed E-state index contributed by atoms with van der Waals surface area (Å²) < 4.78 is 32.6. The molecule has 296 valence electrons. The highest BCUT2D eigenvalue weighted by Gasteiger charge is 2.27. The van der Waals surface area contributed by atoms with Crippen molar-refractivity contribution in [1.29, 1.82) is 0 Å². The summed E-state index contributed by atoms with van der Waals surface area (Å²) in [7, 11) is -4.61. The Bertz CT molecular complexity index is 853. The van der Waals surface area contributed by atoms with Gasteiger partial charge in [0.25, 0.3) is 0 Å². The fourth-order valence-electron chi connectivity index (χ4n) is 5.52. The van der Waals surface area contributed by atoms with Crippen LogP contribution < -0.4 is 0 Å². The number of esters is 2. The summed E-state index contributed by atoms with van der Waals surface area (Å²) in [5, 5.41) is 18.3. The van der Waals surface area contributed by atoms with E-state index in [0.29, 0.717) is 12.8 Å². The molecule has 0 aliphatic carbocycles. The number of carbonyl (C=O) groups excluding carboxylic acids is 2. The Labute approximate surface area is 305 Å². The molecule has 0 fully saturated rings. The molecule has 0 radical (unpaired) electrons. The van der Waals surface area contributed by atoms with Crippen LogP contribution in [0.3, 0.4) is 0 Å². The lowest BCUT2D eigenvalue weighted by molar-refractivity contribution is -0.161. The SMILES string of the molecule is CCCCCCC/C=C/CCCCCCCC(=O)O[C@H](COC(=O)CCCCCCCCCCCCCCC)COP(=O)(O)OC[C@@H](O)CO. The molecule has 11 heteroatoms. The van der Waals surface area contributed by atoms with Crippen LogP contribution in [0, 0.1) is 0 Å². The van der Waals surface area contributed by atoms with Crippen molar-refractivity contribution >= 4 is 19.8 Å². The van der Waals surface area contributed by atoms with Crippen molar-refractivity contribution < 1.29 is 47.8 Å². The number of aliphatic hydroxyl groups is 2. The third kappa shape index (κ3) is 35.1. The lowest BCUT2D eigenvalue weighted by atomic mass is 10.0. The summed E-state index contributed by atoms with van der Waals surface area (Å²) in [6, 6.07) is 0. The first kappa shape index (κ1) is 48.7. The maximum atomic E-state index is 12.6. The number of phosphoric ester groups is 1. The first-order valence-electron chi connectivity index (χ1n) is 20.1. The third-order valence-electron chi connectivity index (χ3n) is 8.67. The molecule has 0 aromatic rings. The fourth-order valence-corrected chi connectivity index (χ4v) is 6.31. The molecule has 3 atom stereocenters. The normalized spacial score (nSPS) is 14.1. The molecule has 0 bridgehead atoms. The number of carbonyl (C=O) groups is 2. The van der Waals surface area contributed by atoms with Crippen LogP contribution in [0.15, 0.2) is 12.2 Å². The summed E-state index contributed by atoms with van der Waals surface area (Å²) >= 11 is 0. The molecule has 0 aromatic carbocycles. The van der Waals surface area contributed by atoms with Crippen LogP contribution in [0.1, 0.15) is 187 Å². The zero-order valence-electron chi connectivity index (χ0n) is 31.9. The van der Waals surface area contributed by atoms with Gasteiger partial charge in [0, 0.05) is 12.8 Å². The van der Waals surface area contributed by atoms with Gasteiger partial charge >= 0.3 is 19.8 Å². The van der Waals surface area contributed by atoms with E-state index in [-0.39, 0.29) is 19.4 Å². The maximum absolute atomic E-state index is 12.6. The molecule has 10 nitrogen and oxygen atoms in total. The molecule has 0 saturated heterocycles. The quantitative estimate of drug-likeness (QED) is 0.0242. The Kier molecular flexibility index (Phi) is 35.2. The summed E-state index contributed by atoms with van der Waals surface area (Å²) in [6.07, 6.45) is 31.7. The fraction of sp³-hybridized carbons (Fsp3) is 0.897. The lowest BCUT2D eigenvalue weighted by Crippen LogP contribution is -2.29. The minimum atomic E-state index is -4.61. The van der Waals surface area contributed by atoms with Crippen molar-refractivity contribution in [2.45, 2.75) is 199 Å². The second-order valence-corrected chi connectivity index (χ2v) is 15.1. The zero-order valence-corrected chi connectivity index (χ0v) is 32.8. The van der Waals surface area contributed by atoms with E-state index in [1.165, 1.54) is 89.9 Å². The topological polar surface area (TPSA) is 149 Å². The van der Waals surface area contributed by atoms with Crippen LogP contribution in [0.2, 0.25) is 0 Å². The van der Waals surface area contributed by atoms with Crippen molar-refractivity contribution in [3.63, 3.8) is 0 Å². The van der Waals surface area contributed by atoms with Crippen molar-refractivity contribution in [2.24, 2.45) is 0 Å². The van der Waals surface area contributed by atoms with Crippen LogP contribution in [-0.2, 0) is 32.7 Å². The molecule has 0 saturated carbocycles. The molecule has 50 heavy (non-hydrogen) atoms. The second kappa shape index (κ2) is 36.1. The van der Waals surface area contributed by atoms with Crippen molar-refractivity contribution in [3.05, 3.63) is 12.2 Å². The Balaban J connectivity index is 4.34. The average molecular weight is 735 g/mol. The minimum Gasteiger partial charge on any atom is -0.462 e. The second-order valence-electron chi connectivity index (χ2n) is 13.7. The number of hydrogen-bond acceptors (Lipinski definition) is 9. The van der Waals surface area contributed by atoms with Crippen molar-refractivity contribution in [1.82, 2.24) is 0 Å². The van der Waals surface area contributed by atoms with Crippen molar-refractivity contribution in [3.8, 4) is 0 Å². The first-order chi connectivity index (χ1) is 24.2. The Morgan fingerprint density at radius 1 is 0.580 bits per heavy atom. The Hall–Kier alpha value is -1.29.